The van der Waals surface area contributed by atoms with E-state index in [2.05, 4.69) is 20.8 Å². The van der Waals surface area contributed by atoms with Gasteiger partial charge in [0.25, 0.3) is 0 Å². The van der Waals surface area contributed by atoms with Crippen molar-refractivity contribution in [2.45, 2.75) is 104 Å². The fraction of sp³-hybridized carbons (Fsp3) is 0.680. The highest BCUT2D eigenvalue weighted by molar-refractivity contribution is 5.93. The van der Waals surface area contributed by atoms with Crippen LogP contribution in [0.15, 0.2) is 24.3 Å². The molecule has 1 atom stereocenters. The summed E-state index contributed by atoms with van der Waals surface area (Å²) in [7, 11) is 0. The van der Waals surface area contributed by atoms with Crippen molar-refractivity contribution in [1.29, 1.82) is 0 Å². The van der Waals surface area contributed by atoms with Crippen molar-refractivity contribution in [2.75, 3.05) is 6.61 Å². The first-order valence-corrected chi connectivity index (χ1v) is 11.6. The SMILES string of the molecule is CCCCCCCCCOC(=O)c1ccc(C(=O)OC(CCC)CCCC)cc1. The van der Waals surface area contributed by atoms with Crippen molar-refractivity contribution in [3.8, 4) is 0 Å². The third kappa shape index (κ3) is 11.1. The molecule has 29 heavy (non-hydrogen) atoms. The number of carbonyl (C=O) groups excluding carboxylic acids is 2. The van der Waals surface area contributed by atoms with E-state index in [0.29, 0.717) is 17.7 Å². The van der Waals surface area contributed by atoms with Crippen LogP contribution in [0.2, 0.25) is 0 Å². The number of hydrogen-bond donors (Lipinski definition) is 0. The first-order valence-electron chi connectivity index (χ1n) is 11.6. The van der Waals surface area contributed by atoms with Crippen LogP contribution in [-0.4, -0.2) is 24.6 Å². The van der Waals surface area contributed by atoms with Crippen molar-refractivity contribution in [2.24, 2.45) is 0 Å². The molecule has 4 nitrogen and oxygen atoms in total. The molecule has 0 aromatic heterocycles. The van der Waals surface area contributed by atoms with Crippen LogP contribution in [0.5, 0.6) is 0 Å². The first kappa shape index (κ1) is 25.2. The minimum atomic E-state index is -0.331. The van der Waals surface area contributed by atoms with E-state index in [1.807, 2.05) is 0 Å². The van der Waals surface area contributed by atoms with Gasteiger partial charge in [0.05, 0.1) is 17.7 Å². The molecular weight excluding hydrogens is 364 g/mol. The van der Waals surface area contributed by atoms with E-state index in [0.717, 1.165) is 44.9 Å². The Balaban J connectivity index is 2.37. The predicted molar refractivity (Wildman–Crippen MR) is 118 cm³/mol. The molecule has 0 aliphatic carbocycles. The maximum Gasteiger partial charge on any atom is 0.338 e. The standard InChI is InChI=1S/C25H40O4/c1-4-7-9-10-11-12-13-20-28-24(26)21-16-18-22(19-17-21)25(27)29-23(14-6-3)15-8-5-2/h16-19,23H,4-15,20H2,1-3H3. The average Bonchev–Trinajstić information content (AvgIpc) is 2.74. The summed E-state index contributed by atoms with van der Waals surface area (Å²) >= 11 is 0. The molecule has 0 saturated heterocycles. The van der Waals surface area contributed by atoms with E-state index < -0.39 is 0 Å². The van der Waals surface area contributed by atoms with Crippen LogP contribution < -0.4 is 0 Å². The number of ether oxygens (including phenoxy) is 2. The van der Waals surface area contributed by atoms with Crippen LogP contribution in [0.1, 0.15) is 119 Å². The van der Waals surface area contributed by atoms with Crippen molar-refractivity contribution >= 4 is 11.9 Å². The highest BCUT2D eigenvalue weighted by Crippen LogP contribution is 2.15. The minimum absolute atomic E-state index is 0.0286. The molecular formula is C25H40O4. The Hall–Kier alpha value is -1.84. The Labute approximate surface area is 177 Å². The minimum Gasteiger partial charge on any atom is -0.462 e. The summed E-state index contributed by atoms with van der Waals surface area (Å²) < 4.78 is 11.0. The fourth-order valence-corrected chi connectivity index (χ4v) is 3.29. The Morgan fingerprint density at radius 3 is 1.83 bits per heavy atom. The Bertz CT molecular complexity index is 565. The van der Waals surface area contributed by atoms with Gasteiger partial charge in [0.1, 0.15) is 6.10 Å². The molecule has 0 aliphatic rings. The third-order valence-electron chi connectivity index (χ3n) is 5.10. The van der Waals surface area contributed by atoms with Crippen molar-refractivity contribution in [1.82, 2.24) is 0 Å². The van der Waals surface area contributed by atoms with E-state index >= 15 is 0 Å². The lowest BCUT2D eigenvalue weighted by Gasteiger charge is -2.17. The molecule has 0 N–H and O–H groups in total. The van der Waals surface area contributed by atoms with E-state index in [1.54, 1.807) is 24.3 Å². The third-order valence-corrected chi connectivity index (χ3v) is 5.10. The lowest BCUT2D eigenvalue weighted by molar-refractivity contribution is 0.0254. The number of rotatable bonds is 16. The zero-order chi connectivity index (χ0) is 21.3. The highest BCUT2D eigenvalue weighted by atomic mass is 16.5. The smallest absolute Gasteiger partial charge is 0.338 e. The summed E-state index contributed by atoms with van der Waals surface area (Å²) in [6.45, 7) is 6.90. The van der Waals surface area contributed by atoms with Crippen LogP contribution in [0, 0.1) is 0 Å². The molecule has 1 aromatic rings. The highest BCUT2D eigenvalue weighted by Gasteiger charge is 2.16. The van der Waals surface area contributed by atoms with Crippen molar-refractivity contribution in [3.63, 3.8) is 0 Å². The second-order valence-corrected chi connectivity index (χ2v) is 7.79. The van der Waals surface area contributed by atoms with E-state index in [-0.39, 0.29) is 18.0 Å². The molecule has 0 amide bonds. The molecule has 0 radical (unpaired) electrons. The van der Waals surface area contributed by atoms with Gasteiger partial charge in [-0.15, -0.1) is 0 Å². The Morgan fingerprint density at radius 1 is 0.690 bits per heavy atom. The molecule has 1 unspecified atom stereocenters. The summed E-state index contributed by atoms with van der Waals surface area (Å²) in [6, 6.07) is 6.58. The maximum absolute atomic E-state index is 12.4. The Morgan fingerprint density at radius 2 is 1.24 bits per heavy atom. The molecule has 4 heteroatoms. The number of esters is 2. The Kier molecular flexibility index (Phi) is 13.9. The van der Waals surface area contributed by atoms with Gasteiger partial charge in [0.15, 0.2) is 0 Å². The van der Waals surface area contributed by atoms with E-state index in [4.69, 9.17) is 9.47 Å². The second kappa shape index (κ2) is 16.0. The van der Waals surface area contributed by atoms with Crippen LogP contribution in [0.25, 0.3) is 0 Å². The predicted octanol–water partition coefficient (Wildman–Crippen LogP) is 7.11. The summed E-state index contributed by atoms with van der Waals surface area (Å²) in [5.41, 5.74) is 0.951. The number of carbonyl (C=O) groups is 2. The van der Waals surface area contributed by atoms with Gasteiger partial charge in [-0.2, -0.15) is 0 Å². The molecule has 0 heterocycles. The molecule has 1 aromatic carbocycles. The first-order chi connectivity index (χ1) is 14.1. The topological polar surface area (TPSA) is 52.6 Å². The largest absolute Gasteiger partial charge is 0.462 e. The lowest BCUT2D eigenvalue weighted by atomic mass is 10.1. The van der Waals surface area contributed by atoms with Gasteiger partial charge in [-0.3, -0.25) is 0 Å². The van der Waals surface area contributed by atoms with Crippen LogP contribution in [0.4, 0.5) is 0 Å². The monoisotopic (exact) mass is 404 g/mol. The number of benzene rings is 1. The molecule has 0 aliphatic heterocycles. The van der Waals surface area contributed by atoms with Gasteiger partial charge < -0.3 is 9.47 Å². The van der Waals surface area contributed by atoms with Gasteiger partial charge in [0, 0.05) is 0 Å². The second-order valence-electron chi connectivity index (χ2n) is 7.79. The quantitative estimate of drug-likeness (QED) is 0.218. The summed E-state index contributed by atoms with van der Waals surface area (Å²) in [5, 5.41) is 0. The molecule has 0 spiro atoms. The molecule has 1 rings (SSSR count). The van der Waals surface area contributed by atoms with E-state index in [9.17, 15) is 9.59 Å². The lowest BCUT2D eigenvalue weighted by Crippen LogP contribution is -2.18. The van der Waals surface area contributed by atoms with Gasteiger partial charge >= 0.3 is 11.9 Å². The molecule has 0 bridgehead atoms. The van der Waals surface area contributed by atoms with Crippen LogP contribution in [-0.2, 0) is 9.47 Å². The normalized spacial score (nSPS) is 11.8. The molecule has 0 fully saturated rings. The van der Waals surface area contributed by atoms with Gasteiger partial charge in [-0.25, -0.2) is 9.59 Å². The number of unbranched alkanes of at least 4 members (excludes halogenated alkanes) is 7. The van der Waals surface area contributed by atoms with Crippen molar-refractivity contribution < 1.29 is 19.1 Å². The number of hydrogen-bond acceptors (Lipinski definition) is 4. The maximum atomic E-state index is 12.4. The van der Waals surface area contributed by atoms with Crippen molar-refractivity contribution in [3.05, 3.63) is 35.4 Å². The zero-order valence-electron chi connectivity index (χ0n) is 18.7. The fourth-order valence-electron chi connectivity index (χ4n) is 3.29. The molecule has 164 valence electrons. The van der Waals surface area contributed by atoms with E-state index in [1.165, 1.54) is 32.1 Å². The summed E-state index contributed by atoms with van der Waals surface area (Å²) in [6.07, 6.45) is 13.2. The van der Waals surface area contributed by atoms with Gasteiger partial charge in [-0.05, 0) is 43.5 Å². The van der Waals surface area contributed by atoms with Gasteiger partial charge in [-0.1, -0.05) is 78.6 Å². The summed E-state index contributed by atoms with van der Waals surface area (Å²) in [5.74, 6) is -0.648. The van der Waals surface area contributed by atoms with Gasteiger partial charge in [0.2, 0.25) is 0 Å². The average molecular weight is 405 g/mol. The summed E-state index contributed by atoms with van der Waals surface area (Å²) in [4.78, 5) is 24.5. The zero-order valence-corrected chi connectivity index (χ0v) is 18.7. The molecule has 0 saturated carbocycles. The van der Waals surface area contributed by atoms with Crippen LogP contribution in [0.3, 0.4) is 0 Å². The van der Waals surface area contributed by atoms with Crippen LogP contribution >= 0.6 is 0 Å².